The highest BCUT2D eigenvalue weighted by molar-refractivity contribution is 9.10. The molecule has 1 amide bonds. The second-order valence-corrected chi connectivity index (χ2v) is 10.6. The molecule has 2 fully saturated rings. The van der Waals surface area contributed by atoms with Gasteiger partial charge in [-0.15, -0.1) is 0 Å². The molecule has 2 aliphatic heterocycles. The summed E-state index contributed by atoms with van der Waals surface area (Å²) in [5.74, 6) is 0.580. The Labute approximate surface area is 195 Å². The van der Waals surface area contributed by atoms with Crippen LogP contribution >= 0.6 is 39.9 Å². The highest BCUT2D eigenvalue weighted by Gasteiger charge is 2.40. The highest BCUT2D eigenvalue weighted by Crippen LogP contribution is 2.51. The predicted octanol–water partition coefficient (Wildman–Crippen LogP) is 6.85. The Morgan fingerprint density at radius 1 is 1.17 bits per heavy atom. The van der Waals surface area contributed by atoms with E-state index in [-0.39, 0.29) is 5.91 Å². The highest BCUT2D eigenvalue weighted by atomic mass is 79.9. The van der Waals surface area contributed by atoms with Crippen molar-refractivity contribution in [1.29, 1.82) is 0 Å². The summed E-state index contributed by atoms with van der Waals surface area (Å²) in [7, 11) is 0. The van der Waals surface area contributed by atoms with Crippen molar-refractivity contribution < 1.29 is 4.79 Å². The number of halogens is 1. The van der Waals surface area contributed by atoms with Gasteiger partial charge in [0.2, 0.25) is 0 Å². The maximum atomic E-state index is 12.6. The Balaban J connectivity index is 1.53. The number of hydrogen-bond acceptors (Lipinski definition) is 4. The van der Waals surface area contributed by atoms with Crippen LogP contribution in [0.5, 0.6) is 0 Å². The minimum atomic E-state index is 0.0278. The van der Waals surface area contributed by atoms with E-state index in [2.05, 4.69) is 63.3 Å². The van der Waals surface area contributed by atoms with Gasteiger partial charge in [-0.05, 0) is 73.4 Å². The molecule has 2 heterocycles. The SMILES string of the molecule is CCN1C(=O)/C(=C\c2ccc3c(c2)C2CCCCC2N3c2ccc(Br)cc2)SC1=S. The second-order valence-electron chi connectivity index (χ2n) is 8.05. The van der Waals surface area contributed by atoms with E-state index < -0.39 is 0 Å². The largest absolute Gasteiger partial charge is 0.338 e. The fraction of sp³-hybridized carbons (Fsp3) is 0.333. The van der Waals surface area contributed by atoms with Gasteiger partial charge in [-0.1, -0.05) is 58.8 Å². The first-order valence-electron chi connectivity index (χ1n) is 10.5. The number of carbonyl (C=O) groups is 1. The number of thioether (sulfide) groups is 1. The molecule has 1 aliphatic carbocycles. The molecule has 30 heavy (non-hydrogen) atoms. The van der Waals surface area contributed by atoms with Crippen LogP contribution in [0.15, 0.2) is 51.8 Å². The van der Waals surface area contributed by atoms with Gasteiger partial charge in [-0.25, -0.2) is 0 Å². The van der Waals surface area contributed by atoms with Crippen LogP contribution in [0.25, 0.3) is 6.08 Å². The third kappa shape index (κ3) is 3.43. The number of carbonyl (C=O) groups excluding carboxylic acids is 1. The first-order valence-corrected chi connectivity index (χ1v) is 12.5. The molecule has 154 valence electrons. The smallest absolute Gasteiger partial charge is 0.266 e. The average molecular weight is 499 g/mol. The zero-order valence-corrected chi connectivity index (χ0v) is 20.0. The zero-order valence-electron chi connectivity index (χ0n) is 16.8. The Kier molecular flexibility index (Phi) is 5.50. The van der Waals surface area contributed by atoms with E-state index in [9.17, 15) is 4.79 Å². The first kappa shape index (κ1) is 20.3. The third-order valence-electron chi connectivity index (χ3n) is 6.36. The Morgan fingerprint density at radius 2 is 1.93 bits per heavy atom. The minimum absolute atomic E-state index is 0.0278. The lowest BCUT2D eigenvalue weighted by atomic mass is 9.82. The predicted molar refractivity (Wildman–Crippen MR) is 133 cm³/mol. The molecule has 6 heteroatoms. The molecule has 2 unspecified atom stereocenters. The van der Waals surface area contributed by atoms with E-state index in [0.717, 1.165) is 14.9 Å². The van der Waals surface area contributed by atoms with Crippen LogP contribution in [0.3, 0.4) is 0 Å². The van der Waals surface area contributed by atoms with E-state index in [1.807, 2.05) is 13.0 Å². The van der Waals surface area contributed by atoms with E-state index >= 15 is 0 Å². The van der Waals surface area contributed by atoms with Crippen molar-refractivity contribution in [3.63, 3.8) is 0 Å². The number of rotatable bonds is 3. The van der Waals surface area contributed by atoms with Crippen molar-refractivity contribution in [2.75, 3.05) is 11.4 Å². The maximum absolute atomic E-state index is 12.6. The molecule has 0 radical (unpaired) electrons. The molecule has 0 spiro atoms. The van der Waals surface area contributed by atoms with Gasteiger partial charge in [0.25, 0.3) is 5.91 Å². The Hall–Kier alpha value is -1.63. The number of likely N-dealkylation sites (N-methyl/N-ethyl adjacent to an activating group) is 1. The summed E-state index contributed by atoms with van der Waals surface area (Å²) >= 11 is 10.3. The zero-order chi connectivity index (χ0) is 20.8. The molecule has 1 saturated heterocycles. The Morgan fingerprint density at radius 3 is 2.67 bits per heavy atom. The maximum Gasteiger partial charge on any atom is 0.266 e. The number of nitrogens with zero attached hydrogens (tertiary/aromatic N) is 2. The molecular formula is C24H23BrN2OS2. The molecule has 2 atom stereocenters. The summed E-state index contributed by atoms with van der Waals surface area (Å²) < 4.78 is 1.76. The van der Waals surface area contributed by atoms with Crippen LogP contribution in [0.4, 0.5) is 11.4 Å². The molecule has 3 aliphatic rings. The topological polar surface area (TPSA) is 23.6 Å². The number of hydrogen-bond donors (Lipinski definition) is 0. The monoisotopic (exact) mass is 498 g/mol. The quantitative estimate of drug-likeness (QED) is 0.341. The molecule has 0 bridgehead atoms. The lowest BCUT2D eigenvalue weighted by Gasteiger charge is -2.33. The summed E-state index contributed by atoms with van der Waals surface area (Å²) in [6, 6.07) is 15.8. The van der Waals surface area contributed by atoms with Crippen LogP contribution in [0, 0.1) is 0 Å². The molecule has 0 N–H and O–H groups in total. The van der Waals surface area contributed by atoms with Crippen molar-refractivity contribution in [2.45, 2.75) is 44.6 Å². The number of fused-ring (bicyclic) bond motifs is 3. The average Bonchev–Trinajstić information content (AvgIpc) is 3.22. The van der Waals surface area contributed by atoms with Crippen molar-refractivity contribution in [3.8, 4) is 0 Å². The van der Waals surface area contributed by atoms with Crippen molar-refractivity contribution in [1.82, 2.24) is 4.90 Å². The molecule has 1 saturated carbocycles. The minimum Gasteiger partial charge on any atom is -0.338 e. The number of thiocarbonyl (C=S) groups is 1. The lowest BCUT2D eigenvalue weighted by molar-refractivity contribution is -0.121. The summed E-state index contributed by atoms with van der Waals surface area (Å²) in [4.78, 5) is 17.5. The van der Waals surface area contributed by atoms with Crippen molar-refractivity contribution in [2.24, 2.45) is 0 Å². The first-order chi connectivity index (χ1) is 14.6. The van der Waals surface area contributed by atoms with Gasteiger partial charge in [0.1, 0.15) is 4.32 Å². The third-order valence-corrected chi connectivity index (χ3v) is 8.27. The second kappa shape index (κ2) is 8.13. The standard InChI is InChI=1S/C24H23BrN2OS2/c1-2-26-23(28)22(30-24(26)29)14-15-7-12-21-19(13-15)18-5-3-4-6-20(18)27(21)17-10-8-16(25)9-11-17/h7-14,18,20H,2-6H2,1H3/b22-14+. The van der Waals surface area contributed by atoms with Crippen molar-refractivity contribution in [3.05, 3.63) is 63.0 Å². The van der Waals surface area contributed by atoms with E-state index in [1.54, 1.807) is 4.90 Å². The normalized spacial score (nSPS) is 24.5. The van der Waals surface area contributed by atoms with Gasteiger partial charge < -0.3 is 4.90 Å². The molecule has 3 nitrogen and oxygen atoms in total. The fourth-order valence-corrected chi connectivity index (χ4v) is 6.65. The van der Waals surface area contributed by atoms with E-state index in [1.165, 1.54) is 54.4 Å². The van der Waals surface area contributed by atoms with Gasteiger partial charge >= 0.3 is 0 Å². The van der Waals surface area contributed by atoms with Crippen LogP contribution in [0.1, 0.15) is 49.7 Å². The van der Waals surface area contributed by atoms with E-state index in [4.69, 9.17) is 12.2 Å². The summed E-state index contributed by atoms with van der Waals surface area (Å²) in [5, 5.41) is 0. The van der Waals surface area contributed by atoms with E-state index in [0.29, 0.717) is 22.8 Å². The van der Waals surface area contributed by atoms with Gasteiger partial charge in [0, 0.05) is 34.4 Å². The summed E-state index contributed by atoms with van der Waals surface area (Å²) in [6.07, 6.45) is 7.03. The summed E-state index contributed by atoms with van der Waals surface area (Å²) in [5.41, 5.74) is 5.08. The fourth-order valence-electron chi connectivity index (χ4n) is 5.00. The molecule has 5 rings (SSSR count). The van der Waals surface area contributed by atoms with Crippen LogP contribution in [0.2, 0.25) is 0 Å². The molecule has 2 aromatic rings. The molecule has 2 aromatic carbocycles. The number of benzene rings is 2. The van der Waals surface area contributed by atoms with Crippen LogP contribution in [-0.2, 0) is 4.79 Å². The van der Waals surface area contributed by atoms with Crippen LogP contribution < -0.4 is 4.90 Å². The lowest BCUT2D eigenvalue weighted by Crippen LogP contribution is -2.32. The Bertz CT molecular complexity index is 1050. The van der Waals surface area contributed by atoms with Gasteiger partial charge in [0.05, 0.1) is 4.91 Å². The van der Waals surface area contributed by atoms with Crippen molar-refractivity contribution >= 4 is 67.6 Å². The number of anilines is 2. The number of amides is 1. The van der Waals surface area contributed by atoms with Gasteiger partial charge in [-0.2, -0.15) is 0 Å². The summed E-state index contributed by atoms with van der Waals surface area (Å²) in [6.45, 7) is 2.58. The van der Waals surface area contributed by atoms with Gasteiger partial charge in [0.15, 0.2) is 0 Å². The van der Waals surface area contributed by atoms with Crippen LogP contribution in [-0.4, -0.2) is 27.7 Å². The van der Waals surface area contributed by atoms with Gasteiger partial charge in [-0.3, -0.25) is 9.69 Å². The molecular weight excluding hydrogens is 476 g/mol. The molecule has 0 aromatic heterocycles.